The van der Waals surface area contributed by atoms with E-state index in [0.29, 0.717) is 28.6 Å². The van der Waals surface area contributed by atoms with Crippen LogP contribution >= 0.6 is 11.6 Å². The van der Waals surface area contributed by atoms with E-state index < -0.39 is 0 Å². The Morgan fingerprint density at radius 1 is 1.10 bits per heavy atom. The fraction of sp³-hybridized carbons (Fsp3) is 0.227. The summed E-state index contributed by atoms with van der Waals surface area (Å²) in [5.74, 6) is 1.20. The Labute approximate surface area is 173 Å². The van der Waals surface area contributed by atoms with E-state index in [1.165, 1.54) is 11.9 Å². The fourth-order valence-corrected chi connectivity index (χ4v) is 3.92. The van der Waals surface area contributed by atoms with E-state index in [2.05, 4.69) is 10.1 Å². The summed E-state index contributed by atoms with van der Waals surface area (Å²) in [5, 5.41) is 7.27. The number of ether oxygens (including phenoxy) is 2. The number of methoxy groups -OCH3 is 2. The van der Waals surface area contributed by atoms with Crippen molar-refractivity contribution in [1.82, 2.24) is 9.99 Å². The van der Waals surface area contributed by atoms with Crippen LogP contribution in [-0.2, 0) is 4.79 Å². The largest absolute Gasteiger partial charge is 0.496 e. The summed E-state index contributed by atoms with van der Waals surface area (Å²) in [6.45, 7) is 1.49. The highest BCUT2D eigenvalue weighted by Gasteiger charge is 2.34. The quantitative estimate of drug-likeness (QED) is 0.590. The van der Waals surface area contributed by atoms with E-state index in [-0.39, 0.29) is 11.9 Å². The van der Waals surface area contributed by atoms with Crippen molar-refractivity contribution in [3.63, 3.8) is 0 Å². The van der Waals surface area contributed by atoms with E-state index in [0.717, 1.165) is 22.2 Å². The molecular weight excluding hydrogens is 390 g/mol. The van der Waals surface area contributed by atoms with Crippen molar-refractivity contribution < 1.29 is 14.3 Å². The number of hydrogen-bond donors (Lipinski definition) is 0. The number of halogens is 1. The van der Waals surface area contributed by atoms with Crippen molar-refractivity contribution in [2.75, 3.05) is 14.2 Å². The molecule has 0 fully saturated rings. The predicted molar refractivity (Wildman–Crippen MR) is 113 cm³/mol. The topological polar surface area (TPSA) is 64.0 Å². The minimum Gasteiger partial charge on any atom is -0.496 e. The summed E-state index contributed by atoms with van der Waals surface area (Å²) in [6.07, 6.45) is 0.511. The lowest BCUT2D eigenvalue weighted by molar-refractivity contribution is -0.130. The molecule has 0 radical (unpaired) electrons. The first kappa shape index (κ1) is 19.2. The Hall–Kier alpha value is -3.12. The van der Waals surface area contributed by atoms with Gasteiger partial charge in [-0.3, -0.25) is 4.79 Å². The summed E-state index contributed by atoms with van der Waals surface area (Å²) in [4.78, 5) is 16.9. The molecule has 7 heteroatoms. The molecule has 6 nitrogen and oxygen atoms in total. The van der Waals surface area contributed by atoms with Crippen molar-refractivity contribution in [2.24, 2.45) is 5.10 Å². The number of carbonyl (C=O) groups excluding carboxylic acids is 1. The number of hydrogen-bond acceptors (Lipinski definition) is 5. The van der Waals surface area contributed by atoms with E-state index in [1.807, 2.05) is 48.5 Å². The number of fused-ring (bicyclic) bond motifs is 1. The average Bonchev–Trinajstić information content (AvgIpc) is 3.18. The van der Waals surface area contributed by atoms with Crippen LogP contribution in [0.25, 0.3) is 10.9 Å². The standard InChI is InChI=1S/C22H20ClN3O3/c1-13(27)26-18(12-17(25-26)15-8-4-5-9-19(15)28-2)16-11-14-7-6-10-20(29-3)21(14)24-22(16)23/h4-11,18H,12H2,1-3H3. The van der Waals surface area contributed by atoms with Gasteiger partial charge in [0.05, 0.1) is 26.0 Å². The highest BCUT2D eigenvalue weighted by Crippen LogP contribution is 2.39. The molecule has 2 aromatic carbocycles. The lowest BCUT2D eigenvalue weighted by Gasteiger charge is -2.21. The van der Waals surface area contributed by atoms with Crippen molar-refractivity contribution in [2.45, 2.75) is 19.4 Å². The first-order valence-corrected chi connectivity index (χ1v) is 9.55. The van der Waals surface area contributed by atoms with Gasteiger partial charge in [-0.15, -0.1) is 0 Å². The van der Waals surface area contributed by atoms with Crippen LogP contribution in [0.4, 0.5) is 0 Å². The van der Waals surface area contributed by atoms with Crippen molar-refractivity contribution in [3.8, 4) is 11.5 Å². The SMILES string of the molecule is COc1ccccc1C1=NN(C(C)=O)C(c2cc3cccc(OC)c3nc2Cl)C1. The normalized spacial score (nSPS) is 16.1. The van der Waals surface area contributed by atoms with Gasteiger partial charge in [0.25, 0.3) is 0 Å². The number of hydrazone groups is 1. The van der Waals surface area contributed by atoms with Crippen LogP contribution in [0.15, 0.2) is 53.6 Å². The molecule has 0 bridgehead atoms. The van der Waals surface area contributed by atoms with Gasteiger partial charge in [0, 0.05) is 29.9 Å². The van der Waals surface area contributed by atoms with Gasteiger partial charge < -0.3 is 9.47 Å². The molecule has 3 aromatic rings. The second-order valence-corrected chi connectivity index (χ2v) is 7.09. The maximum absolute atomic E-state index is 12.3. The maximum atomic E-state index is 12.3. The molecule has 1 atom stereocenters. The van der Waals surface area contributed by atoms with Gasteiger partial charge in [-0.1, -0.05) is 35.9 Å². The average molecular weight is 410 g/mol. The van der Waals surface area contributed by atoms with Gasteiger partial charge >= 0.3 is 0 Å². The Kier molecular flexibility index (Phi) is 5.11. The summed E-state index contributed by atoms with van der Waals surface area (Å²) in [6, 6.07) is 14.9. The van der Waals surface area contributed by atoms with Crippen LogP contribution in [0.3, 0.4) is 0 Å². The number of amides is 1. The van der Waals surface area contributed by atoms with E-state index in [4.69, 9.17) is 21.1 Å². The van der Waals surface area contributed by atoms with Crippen molar-refractivity contribution in [3.05, 3.63) is 64.8 Å². The molecule has 1 aromatic heterocycles. The van der Waals surface area contributed by atoms with Crippen LogP contribution in [0.5, 0.6) is 11.5 Å². The van der Waals surface area contributed by atoms with Gasteiger partial charge in [0.15, 0.2) is 0 Å². The molecule has 0 spiro atoms. The second-order valence-electron chi connectivity index (χ2n) is 6.73. The summed E-state index contributed by atoms with van der Waals surface area (Å²) in [7, 11) is 3.21. The van der Waals surface area contributed by atoms with Crippen molar-refractivity contribution >= 4 is 34.1 Å². The first-order valence-electron chi connectivity index (χ1n) is 9.17. The zero-order valence-corrected chi connectivity index (χ0v) is 17.1. The number of aromatic nitrogens is 1. The third kappa shape index (κ3) is 3.40. The number of carbonyl (C=O) groups is 1. The molecule has 0 saturated heterocycles. The highest BCUT2D eigenvalue weighted by molar-refractivity contribution is 6.30. The molecule has 1 aliphatic rings. The molecule has 0 N–H and O–H groups in total. The zero-order valence-electron chi connectivity index (χ0n) is 16.3. The van der Waals surface area contributed by atoms with E-state index >= 15 is 0 Å². The van der Waals surface area contributed by atoms with Gasteiger partial charge in [-0.05, 0) is 24.3 Å². The molecule has 2 heterocycles. The number of para-hydroxylation sites is 2. The smallest absolute Gasteiger partial charge is 0.240 e. The lowest BCUT2D eigenvalue weighted by atomic mass is 9.98. The van der Waals surface area contributed by atoms with Crippen LogP contribution in [-0.4, -0.2) is 35.8 Å². The molecule has 1 aliphatic heterocycles. The molecule has 1 amide bonds. The van der Waals surface area contributed by atoms with Crippen LogP contribution in [0, 0.1) is 0 Å². The number of pyridine rings is 1. The van der Waals surface area contributed by atoms with Crippen molar-refractivity contribution in [1.29, 1.82) is 0 Å². The van der Waals surface area contributed by atoms with E-state index in [9.17, 15) is 4.79 Å². The summed E-state index contributed by atoms with van der Waals surface area (Å²) in [5.41, 5.74) is 3.05. The Bertz CT molecular complexity index is 1130. The van der Waals surface area contributed by atoms with Gasteiger partial charge in [0.2, 0.25) is 5.91 Å². The third-order valence-corrected chi connectivity index (χ3v) is 5.32. The Morgan fingerprint density at radius 2 is 1.83 bits per heavy atom. The van der Waals surface area contributed by atoms with E-state index in [1.54, 1.807) is 14.2 Å². The molecule has 148 valence electrons. The van der Waals surface area contributed by atoms with Gasteiger partial charge in [-0.25, -0.2) is 9.99 Å². The van der Waals surface area contributed by atoms with Crippen LogP contribution < -0.4 is 9.47 Å². The number of benzene rings is 2. The second kappa shape index (κ2) is 7.72. The number of nitrogens with zero attached hydrogens (tertiary/aromatic N) is 3. The Balaban J connectivity index is 1.79. The minimum absolute atomic E-state index is 0.165. The predicted octanol–water partition coefficient (Wildman–Crippen LogP) is 4.60. The van der Waals surface area contributed by atoms with Gasteiger partial charge in [-0.2, -0.15) is 5.10 Å². The monoisotopic (exact) mass is 409 g/mol. The molecule has 0 saturated carbocycles. The fourth-order valence-electron chi connectivity index (χ4n) is 3.65. The zero-order chi connectivity index (χ0) is 20.5. The molecular formula is C22H20ClN3O3. The lowest BCUT2D eigenvalue weighted by Crippen LogP contribution is -2.24. The number of rotatable bonds is 4. The first-order chi connectivity index (χ1) is 14.0. The van der Waals surface area contributed by atoms with Gasteiger partial charge in [0.1, 0.15) is 22.2 Å². The Morgan fingerprint density at radius 3 is 2.55 bits per heavy atom. The van der Waals surface area contributed by atoms with Crippen LogP contribution in [0.1, 0.15) is 30.5 Å². The maximum Gasteiger partial charge on any atom is 0.240 e. The summed E-state index contributed by atoms with van der Waals surface area (Å²) < 4.78 is 10.9. The minimum atomic E-state index is -0.344. The van der Waals surface area contributed by atoms with Crippen LogP contribution in [0.2, 0.25) is 5.15 Å². The third-order valence-electron chi connectivity index (χ3n) is 5.02. The summed E-state index contributed by atoms with van der Waals surface area (Å²) >= 11 is 6.55. The molecule has 4 rings (SSSR count). The molecule has 29 heavy (non-hydrogen) atoms. The highest BCUT2D eigenvalue weighted by atomic mass is 35.5. The molecule has 0 aliphatic carbocycles. The molecule has 1 unspecified atom stereocenters.